The molecule has 0 aliphatic heterocycles. The van der Waals surface area contributed by atoms with Gasteiger partial charge in [0.2, 0.25) is 0 Å². The van der Waals surface area contributed by atoms with Gasteiger partial charge in [0.15, 0.2) is 5.82 Å². The molecular formula is C11H9Cl2N3O2S. The summed E-state index contributed by atoms with van der Waals surface area (Å²) in [4.78, 5) is 3.72. The number of hydrogen-bond acceptors (Lipinski definition) is 4. The number of sulfonamides is 1. The molecule has 0 saturated heterocycles. The van der Waals surface area contributed by atoms with E-state index in [1.807, 2.05) is 0 Å². The number of pyridine rings is 1. The van der Waals surface area contributed by atoms with E-state index in [4.69, 9.17) is 28.9 Å². The molecule has 0 aliphatic rings. The van der Waals surface area contributed by atoms with E-state index in [0.717, 1.165) is 0 Å². The number of rotatable bonds is 3. The molecule has 0 atom stereocenters. The van der Waals surface area contributed by atoms with E-state index in [1.165, 1.54) is 30.5 Å². The molecule has 19 heavy (non-hydrogen) atoms. The van der Waals surface area contributed by atoms with Crippen LogP contribution in [0.1, 0.15) is 0 Å². The van der Waals surface area contributed by atoms with Crippen LogP contribution in [-0.2, 0) is 10.0 Å². The lowest BCUT2D eigenvalue weighted by atomic mass is 10.3. The van der Waals surface area contributed by atoms with Gasteiger partial charge in [-0.15, -0.1) is 0 Å². The summed E-state index contributed by atoms with van der Waals surface area (Å²) in [5.74, 6) is 0.0302. The summed E-state index contributed by atoms with van der Waals surface area (Å²) in [6.07, 6.45) is 1.42. The predicted molar refractivity (Wildman–Crippen MR) is 75.9 cm³/mol. The van der Waals surface area contributed by atoms with Crippen LogP contribution < -0.4 is 10.5 Å². The highest BCUT2D eigenvalue weighted by Gasteiger charge is 2.20. The molecule has 0 saturated carbocycles. The van der Waals surface area contributed by atoms with Gasteiger partial charge in [0, 0.05) is 11.9 Å². The Bertz CT molecular complexity index is 720. The SMILES string of the molecule is Nc1ccc(Cl)c(S(=O)(=O)Nc2ncccc2Cl)c1. The summed E-state index contributed by atoms with van der Waals surface area (Å²) in [6.45, 7) is 0. The molecule has 0 aliphatic carbocycles. The first-order chi connectivity index (χ1) is 8.90. The first-order valence-electron chi connectivity index (χ1n) is 5.08. The average Bonchev–Trinajstić information content (AvgIpc) is 2.35. The highest BCUT2D eigenvalue weighted by molar-refractivity contribution is 7.92. The molecule has 0 bridgehead atoms. The Morgan fingerprint density at radius 2 is 1.89 bits per heavy atom. The lowest BCUT2D eigenvalue weighted by molar-refractivity contribution is 0.601. The third-order valence-corrected chi connectivity index (χ3v) is 4.36. The lowest BCUT2D eigenvalue weighted by Crippen LogP contribution is -2.15. The molecule has 1 heterocycles. The molecule has 1 aromatic heterocycles. The topological polar surface area (TPSA) is 85.1 Å². The minimum absolute atomic E-state index is 0.0302. The monoisotopic (exact) mass is 317 g/mol. The summed E-state index contributed by atoms with van der Waals surface area (Å²) in [6, 6.07) is 7.29. The molecule has 1 aromatic carbocycles. The molecule has 8 heteroatoms. The van der Waals surface area contributed by atoms with Crippen molar-refractivity contribution in [3.63, 3.8) is 0 Å². The largest absolute Gasteiger partial charge is 0.399 e. The summed E-state index contributed by atoms with van der Waals surface area (Å²) in [5, 5.41) is 0.250. The number of nitrogen functional groups attached to an aromatic ring is 1. The summed E-state index contributed by atoms with van der Waals surface area (Å²) in [5.41, 5.74) is 5.84. The first-order valence-corrected chi connectivity index (χ1v) is 7.32. The number of aromatic nitrogens is 1. The number of nitrogens with two attached hydrogens (primary N) is 1. The molecule has 3 N–H and O–H groups in total. The normalized spacial score (nSPS) is 11.3. The predicted octanol–water partition coefficient (Wildman–Crippen LogP) is 2.77. The van der Waals surface area contributed by atoms with Gasteiger partial charge in [0.25, 0.3) is 10.0 Å². The second-order valence-corrected chi connectivity index (χ2v) is 6.09. The van der Waals surface area contributed by atoms with Gasteiger partial charge in [0.1, 0.15) is 4.90 Å². The van der Waals surface area contributed by atoms with Crippen molar-refractivity contribution in [3.8, 4) is 0 Å². The number of benzene rings is 1. The molecule has 0 fully saturated rings. The van der Waals surface area contributed by atoms with Gasteiger partial charge in [0.05, 0.1) is 10.0 Å². The van der Waals surface area contributed by atoms with Crippen molar-refractivity contribution in [1.82, 2.24) is 4.98 Å². The van der Waals surface area contributed by atoms with Crippen LogP contribution in [0.25, 0.3) is 0 Å². The third-order valence-electron chi connectivity index (χ3n) is 2.23. The quantitative estimate of drug-likeness (QED) is 0.852. The number of nitrogens with zero attached hydrogens (tertiary/aromatic N) is 1. The van der Waals surface area contributed by atoms with Crippen molar-refractivity contribution in [1.29, 1.82) is 0 Å². The van der Waals surface area contributed by atoms with Crippen LogP contribution in [0.2, 0.25) is 10.0 Å². The van der Waals surface area contributed by atoms with E-state index in [2.05, 4.69) is 9.71 Å². The molecule has 0 radical (unpaired) electrons. The first kappa shape index (κ1) is 13.9. The molecule has 100 valence electrons. The minimum atomic E-state index is -3.90. The van der Waals surface area contributed by atoms with E-state index < -0.39 is 10.0 Å². The maximum atomic E-state index is 12.2. The Labute approximate surface area is 120 Å². The Morgan fingerprint density at radius 1 is 1.16 bits per heavy atom. The Kier molecular flexibility index (Phi) is 3.84. The fraction of sp³-hybridized carbons (Fsp3) is 0. The number of nitrogens with one attached hydrogen (secondary N) is 1. The fourth-order valence-electron chi connectivity index (χ4n) is 1.37. The molecule has 2 aromatic rings. The van der Waals surface area contributed by atoms with Crippen molar-refractivity contribution in [2.24, 2.45) is 0 Å². The Morgan fingerprint density at radius 3 is 2.58 bits per heavy atom. The molecule has 2 rings (SSSR count). The van der Waals surface area contributed by atoms with Crippen LogP contribution in [0.3, 0.4) is 0 Å². The Hall–Kier alpha value is -1.50. The lowest BCUT2D eigenvalue weighted by Gasteiger charge is -2.10. The van der Waals surface area contributed by atoms with E-state index >= 15 is 0 Å². The van der Waals surface area contributed by atoms with Gasteiger partial charge in [-0.05, 0) is 30.3 Å². The number of anilines is 2. The van der Waals surface area contributed by atoms with Crippen molar-refractivity contribution >= 4 is 44.7 Å². The van der Waals surface area contributed by atoms with E-state index in [0.29, 0.717) is 0 Å². The highest BCUT2D eigenvalue weighted by Crippen LogP contribution is 2.27. The van der Waals surface area contributed by atoms with Crippen LogP contribution in [-0.4, -0.2) is 13.4 Å². The van der Waals surface area contributed by atoms with Gasteiger partial charge in [-0.1, -0.05) is 23.2 Å². The van der Waals surface area contributed by atoms with E-state index in [9.17, 15) is 8.42 Å². The zero-order chi connectivity index (χ0) is 14.0. The van der Waals surface area contributed by atoms with E-state index in [-0.39, 0.29) is 26.4 Å². The molecule has 0 amide bonds. The van der Waals surface area contributed by atoms with Gasteiger partial charge in [-0.2, -0.15) is 0 Å². The minimum Gasteiger partial charge on any atom is -0.399 e. The summed E-state index contributed by atoms with van der Waals surface area (Å²) in [7, 11) is -3.90. The zero-order valence-electron chi connectivity index (χ0n) is 9.47. The number of hydrogen-bond donors (Lipinski definition) is 2. The molecule has 0 spiro atoms. The second-order valence-electron chi connectivity index (χ2n) is 3.63. The van der Waals surface area contributed by atoms with Crippen LogP contribution in [0.15, 0.2) is 41.4 Å². The Balaban J connectivity index is 2.44. The van der Waals surface area contributed by atoms with Gasteiger partial charge in [-0.25, -0.2) is 13.4 Å². The van der Waals surface area contributed by atoms with Gasteiger partial charge >= 0.3 is 0 Å². The van der Waals surface area contributed by atoms with Crippen molar-refractivity contribution in [2.45, 2.75) is 4.90 Å². The zero-order valence-corrected chi connectivity index (χ0v) is 11.8. The molecule has 5 nitrogen and oxygen atoms in total. The molecular weight excluding hydrogens is 309 g/mol. The van der Waals surface area contributed by atoms with Gasteiger partial charge in [-0.3, -0.25) is 4.72 Å². The van der Waals surface area contributed by atoms with Crippen molar-refractivity contribution in [2.75, 3.05) is 10.5 Å². The average molecular weight is 318 g/mol. The smallest absolute Gasteiger partial charge is 0.264 e. The summed E-state index contributed by atoms with van der Waals surface area (Å²) < 4.78 is 26.6. The second kappa shape index (κ2) is 5.24. The van der Waals surface area contributed by atoms with Crippen LogP contribution >= 0.6 is 23.2 Å². The van der Waals surface area contributed by atoms with Crippen LogP contribution in [0.5, 0.6) is 0 Å². The van der Waals surface area contributed by atoms with Crippen molar-refractivity contribution in [3.05, 3.63) is 46.6 Å². The molecule has 0 unspecified atom stereocenters. The van der Waals surface area contributed by atoms with E-state index in [1.54, 1.807) is 6.07 Å². The van der Waals surface area contributed by atoms with Crippen LogP contribution in [0, 0.1) is 0 Å². The van der Waals surface area contributed by atoms with Crippen molar-refractivity contribution < 1.29 is 8.42 Å². The van der Waals surface area contributed by atoms with Crippen LogP contribution in [0.4, 0.5) is 11.5 Å². The summed E-state index contributed by atoms with van der Waals surface area (Å²) >= 11 is 11.7. The number of halogens is 2. The van der Waals surface area contributed by atoms with Gasteiger partial charge < -0.3 is 5.73 Å². The fourth-order valence-corrected chi connectivity index (χ4v) is 3.16. The maximum Gasteiger partial charge on any atom is 0.264 e. The third kappa shape index (κ3) is 3.09. The maximum absolute atomic E-state index is 12.2. The standard InChI is InChI=1S/C11H9Cl2N3O2S/c12-8-4-3-7(14)6-10(8)19(17,18)16-11-9(13)2-1-5-15-11/h1-6H,14H2,(H,15,16). The highest BCUT2D eigenvalue weighted by atomic mass is 35.5.